The first kappa shape index (κ1) is 11.3. The Kier molecular flexibility index (Phi) is 3.06. The fraction of sp³-hybridized carbons (Fsp3) is 0.538. The summed E-state index contributed by atoms with van der Waals surface area (Å²) in [5.74, 6) is 0.391. The van der Waals surface area contributed by atoms with Gasteiger partial charge >= 0.3 is 0 Å². The van der Waals surface area contributed by atoms with Crippen molar-refractivity contribution in [3.8, 4) is 0 Å². The number of anilines is 2. The third-order valence-electron chi connectivity index (χ3n) is 3.45. The average molecular weight is 220 g/mol. The van der Waals surface area contributed by atoms with Crippen molar-refractivity contribution < 1.29 is 5.11 Å². The number of nitrogen functional groups attached to an aromatic ring is 1. The number of hydrogen-bond donors (Lipinski definition) is 2. The molecule has 3 nitrogen and oxygen atoms in total. The highest BCUT2D eigenvalue weighted by atomic mass is 16.3. The Labute approximate surface area is 96.9 Å². The van der Waals surface area contributed by atoms with E-state index in [1.807, 2.05) is 12.1 Å². The number of β-amino-alcohol motifs (C(OH)–C–C–N with tert-alkyl or cyclic N) is 1. The van der Waals surface area contributed by atoms with E-state index in [0.717, 1.165) is 24.3 Å². The van der Waals surface area contributed by atoms with E-state index < -0.39 is 0 Å². The van der Waals surface area contributed by atoms with E-state index in [1.54, 1.807) is 0 Å². The maximum Gasteiger partial charge on any atom is 0.0741 e. The molecule has 0 aromatic heterocycles. The second-order valence-corrected chi connectivity index (χ2v) is 4.84. The molecule has 0 saturated carbocycles. The van der Waals surface area contributed by atoms with Crippen molar-refractivity contribution in [2.24, 2.45) is 5.92 Å². The van der Waals surface area contributed by atoms with Gasteiger partial charge in [-0.05, 0) is 37.0 Å². The van der Waals surface area contributed by atoms with Crippen molar-refractivity contribution in [2.45, 2.75) is 26.4 Å². The lowest BCUT2D eigenvalue weighted by Crippen LogP contribution is -2.43. The molecular formula is C13H20N2O. The standard InChI is InChI=1S/C13H20N2O/c1-9-3-4-11(14)12(7-9)15-6-5-10(2)13(16)8-15/h3-4,7,10,13,16H,5-6,8,14H2,1-2H3. The van der Waals surface area contributed by atoms with Crippen molar-refractivity contribution in [3.05, 3.63) is 23.8 Å². The van der Waals surface area contributed by atoms with Crippen molar-refractivity contribution in [3.63, 3.8) is 0 Å². The molecule has 2 rings (SSSR count). The molecule has 0 spiro atoms. The first-order chi connectivity index (χ1) is 7.58. The monoisotopic (exact) mass is 220 g/mol. The molecule has 1 heterocycles. The second-order valence-electron chi connectivity index (χ2n) is 4.84. The van der Waals surface area contributed by atoms with Gasteiger partial charge in [0.1, 0.15) is 0 Å². The summed E-state index contributed by atoms with van der Waals surface area (Å²) in [6.07, 6.45) is 0.780. The fourth-order valence-electron chi connectivity index (χ4n) is 2.20. The molecular weight excluding hydrogens is 200 g/mol. The molecule has 3 N–H and O–H groups in total. The topological polar surface area (TPSA) is 49.5 Å². The molecule has 1 saturated heterocycles. The third-order valence-corrected chi connectivity index (χ3v) is 3.45. The SMILES string of the molecule is Cc1ccc(N)c(N2CCC(C)C(O)C2)c1. The second kappa shape index (κ2) is 4.34. The molecule has 0 radical (unpaired) electrons. The summed E-state index contributed by atoms with van der Waals surface area (Å²) in [5.41, 5.74) is 9.04. The Balaban J connectivity index is 2.21. The number of piperidine rings is 1. The molecule has 2 unspecified atom stereocenters. The van der Waals surface area contributed by atoms with Gasteiger partial charge in [-0.3, -0.25) is 0 Å². The van der Waals surface area contributed by atoms with E-state index in [0.29, 0.717) is 12.5 Å². The molecule has 3 heteroatoms. The Hall–Kier alpha value is -1.22. The van der Waals surface area contributed by atoms with Gasteiger partial charge in [0.25, 0.3) is 0 Å². The number of hydrogen-bond acceptors (Lipinski definition) is 3. The van der Waals surface area contributed by atoms with Crippen LogP contribution in [0.4, 0.5) is 11.4 Å². The number of rotatable bonds is 1. The molecule has 88 valence electrons. The van der Waals surface area contributed by atoms with Crippen LogP contribution in [-0.2, 0) is 0 Å². The zero-order valence-electron chi connectivity index (χ0n) is 9.98. The number of aryl methyl sites for hydroxylation is 1. The highest BCUT2D eigenvalue weighted by molar-refractivity contribution is 5.68. The molecule has 0 aliphatic carbocycles. The Morgan fingerprint density at radius 1 is 1.44 bits per heavy atom. The molecule has 2 atom stereocenters. The van der Waals surface area contributed by atoms with Crippen LogP contribution < -0.4 is 10.6 Å². The van der Waals surface area contributed by atoms with Crippen LogP contribution in [0.1, 0.15) is 18.9 Å². The van der Waals surface area contributed by atoms with E-state index in [1.165, 1.54) is 5.56 Å². The van der Waals surface area contributed by atoms with E-state index in [9.17, 15) is 5.11 Å². The number of nitrogens with two attached hydrogens (primary N) is 1. The highest BCUT2D eigenvalue weighted by Crippen LogP contribution is 2.28. The van der Waals surface area contributed by atoms with Gasteiger partial charge in [-0.1, -0.05) is 13.0 Å². The summed E-state index contributed by atoms with van der Waals surface area (Å²) in [7, 11) is 0. The maximum atomic E-state index is 9.89. The highest BCUT2D eigenvalue weighted by Gasteiger charge is 2.25. The van der Waals surface area contributed by atoms with E-state index in [4.69, 9.17) is 5.73 Å². The van der Waals surface area contributed by atoms with E-state index in [2.05, 4.69) is 24.8 Å². The first-order valence-corrected chi connectivity index (χ1v) is 5.87. The molecule has 1 aliphatic rings. The van der Waals surface area contributed by atoms with E-state index >= 15 is 0 Å². The van der Waals surface area contributed by atoms with Gasteiger partial charge in [0.2, 0.25) is 0 Å². The normalized spacial score (nSPS) is 25.8. The number of nitrogens with zero attached hydrogens (tertiary/aromatic N) is 1. The van der Waals surface area contributed by atoms with Gasteiger partial charge in [-0.25, -0.2) is 0 Å². The van der Waals surface area contributed by atoms with Crippen LogP contribution in [0.5, 0.6) is 0 Å². The van der Waals surface area contributed by atoms with Crippen LogP contribution in [-0.4, -0.2) is 24.3 Å². The zero-order chi connectivity index (χ0) is 11.7. The lowest BCUT2D eigenvalue weighted by atomic mass is 9.95. The minimum absolute atomic E-state index is 0.242. The number of aliphatic hydroxyl groups excluding tert-OH is 1. The van der Waals surface area contributed by atoms with Gasteiger partial charge in [0, 0.05) is 13.1 Å². The Morgan fingerprint density at radius 3 is 2.88 bits per heavy atom. The number of aliphatic hydroxyl groups is 1. The Morgan fingerprint density at radius 2 is 2.19 bits per heavy atom. The van der Waals surface area contributed by atoms with Gasteiger partial charge in [0.05, 0.1) is 17.5 Å². The quantitative estimate of drug-likeness (QED) is 0.709. The molecule has 0 bridgehead atoms. The smallest absolute Gasteiger partial charge is 0.0741 e. The van der Waals surface area contributed by atoms with Gasteiger partial charge < -0.3 is 15.7 Å². The summed E-state index contributed by atoms with van der Waals surface area (Å²) in [5, 5.41) is 9.89. The molecule has 16 heavy (non-hydrogen) atoms. The summed E-state index contributed by atoms with van der Waals surface area (Å²) in [6.45, 7) is 5.83. The summed E-state index contributed by atoms with van der Waals surface area (Å²) >= 11 is 0. The molecule has 1 aliphatic heterocycles. The summed E-state index contributed by atoms with van der Waals surface area (Å²) in [6, 6.07) is 6.05. The van der Waals surface area contributed by atoms with Crippen molar-refractivity contribution in [1.82, 2.24) is 0 Å². The van der Waals surface area contributed by atoms with Crippen LogP contribution in [0.3, 0.4) is 0 Å². The molecule has 0 amide bonds. The zero-order valence-corrected chi connectivity index (χ0v) is 9.98. The molecule has 1 aromatic carbocycles. The van der Waals surface area contributed by atoms with Crippen LogP contribution in [0.2, 0.25) is 0 Å². The third kappa shape index (κ3) is 2.14. The minimum Gasteiger partial charge on any atom is -0.397 e. The largest absolute Gasteiger partial charge is 0.397 e. The lowest BCUT2D eigenvalue weighted by Gasteiger charge is -2.36. The number of benzene rings is 1. The molecule has 1 fully saturated rings. The average Bonchev–Trinajstić information content (AvgIpc) is 2.26. The predicted octanol–water partition coefficient (Wildman–Crippen LogP) is 1.78. The maximum absolute atomic E-state index is 9.89. The molecule has 1 aromatic rings. The van der Waals surface area contributed by atoms with Gasteiger partial charge in [0.15, 0.2) is 0 Å². The van der Waals surface area contributed by atoms with Gasteiger partial charge in [-0.15, -0.1) is 0 Å². The van der Waals surface area contributed by atoms with Crippen LogP contribution in [0, 0.1) is 12.8 Å². The van der Waals surface area contributed by atoms with Crippen LogP contribution in [0.25, 0.3) is 0 Å². The lowest BCUT2D eigenvalue weighted by molar-refractivity contribution is 0.103. The van der Waals surface area contributed by atoms with E-state index in [-0.39, 0.29) is 6.10 Å². The first-order valence-electron chi connectivity index (χ1n) is 5.87. The Bertz CT molecular complexity index is 378. The summed E-state index contributed by atoms with van der Waals surface area (Å²) < 4.78 is 0. The van der Waals surface area contributed by atoms with Crippen LogP contribution >= 0.6 is 0 Å². The van der Waals surface area contributed by atoms with Crippen molar-refractivity contribution in [1.29, 1.82) is 0 Å². The minimum atomic E-state index is -0.242. The predicted molar refractivity (Wildman–Crippen MR) is 67.6 cm³/mol. The van der Waals surface area contributed by atoms with Crippen molar-refractivity contribution in [2.75, 3.05) is 23.7 Å². The summed E-state index contributed by atoms with van der Waals surface area (Å²) in [4.78, 5) is 2.19. The fourth-order valence-corrected chi connectivity index (χ4v) is 2.20. The van der Waals surface area contributed by atoms with Crippen LogP contribution in [0.15, 0.2) is 18.2 Å². The van der Waals surface area contributed by atoms with Crippen molar-refractivity contribution >= 4 is 11.4 Å². The van der Waals surface area contributed by atoms with Gasteiger partial charge in [-0.2, -0.15) is 0 Å².